The Hall–Kier alpha value is -1.60. The lowest BCUT2D eigenvalue weighted by atomic mass is 10.00. The van der Waals surface area contributed by atoms with Crippen LogP contribution in [0.15, 0.2) is 11.4 Å². The van der Waals surface area contributed by atoms with Crippen molar-refractivity contribution in [3.8, 4) is 0 Å². The van der Waals surface area contributed by atoms with Crippen molar-refractivity contribution in [1.29, 1.82) is 0 Å². The molecule has 0 bridgehead atoms. The molecule has 0 aromatic carbocycles. The molecule has 2 amide bonds. The molecule has 2 atom stereocenters. The largest absolute Gasteiger partial charge is 0.479 e. The number of urea groups is 1. The molecule has 2 aliphatic rings. The Morgan fingerprint density at radius 1 is 1.38 bits per heavy atom. The predicted octanol–water partition coefficient (Wildman–Crippen LogP) is 1.27. The zero-order chi connectivity index (χ0) is 15.0. The third-order valence-corrected chi connectivity index (χ3v) is 5.17. The number of hydrogen-bond acceptors (Lipinski definition) is 4. The van der Waals surface area contributed by atoms with Crippen LogP contribution in [-0.4, -0.2) is 52.6 Å². The third kappa shape index (κ3) is 2.63. The second kappa shape index (κ2) is 5.65. The highest BCUT2D eigenvalue weighted by atomic mass is 32.1. The first-order valence-corrected chi connectivity index (χ1v) is 8.06. The molecule has 114 valence electrons. The summed E-state index contributed by atoms with van der Waals surface area (Å²) in [6.45, 7) is 1.62. The van der Waals surface area contributed by atoms with E-state index in [0.717, 1.165) is 29.7 Å². The minimum Gasteiger partial charge on any atom is -0.479 e. The topological polar surface area (TPSA) is 86.9 Å². The van der Waals surface area contributed by atoms with E-state index in [9.17, 15) is 14.7 Å². The number of piperidine rings is 1. The van der Waals surface area contributed by atoms with Crippen LogP contribution >= 0.6 is 11.3 Å². The number of carboxylic acids is 1. The normalized spacial score (nSPS) is 25.6. The van der Waals surface area contributed by atoms with Gasteiger partial charge < -0.3 is 20.6 Å². The zero-order valence-corrected chi connectivity index (χ0v) is 12.5. The summed E-state index contributed by atoms with van der Waals surface area (Å²) < 4.78 is 0. The molecule has 0 saturated carbocycles. The van der Waals surface area contributed by atoms with E-state index in [1.807, 2.05) is 11.4 Å². The number of carbonyl (C=O) groups excluding carboxylic acids is 1. The van der Waals surface area contributed by atoms with Crippen LogP contribution in [0.2, 0.25) is 0 Å². The molecule has 1 saturated heterocycles. The average Bonchev–Trinajstić information content (AvgIpc) is 2.93. The number of thiophene rings is 1. The van der Waals surface area contributed by atoms with Gasteiger partial charge in [0.05, 0.1) is 0 Å². The number of likely N-dealkylation sites (tertiary alicyclic amines) is 1. The van der Waals surface area contributed by atoms with Gasteiger partial charge in [-0.1, -0.05) is 0 Å². The molecule has 1 fully saturated rings. The first-order chi connectivity index (χ1) is 10.1. The molecule has 1 aromatic rings. The number of amides is 2. The van der Waals surface area contributed by atoms with Crippen LogP contribution in [0, 0.1) is 0 Å². The molecule has 0 aliphatic carbocycles. The van der Waals surface area contributed by atoms with Crippen molar-refractivity contribution in [2.45, 2.75) is 31.3 Å². The molecule has 3 N–H and O–H groups in total. The molecule has 2 aliphatic heterocycles. The smallest absolute Gasteiger partial charge is 0.331 e. The molecule has 21 heavy (non-hydrogen) atoms. The summed E-state index contributed by atoms with van der Waals surface area (Å²) >= 11 is 1.56. The molecule has 0 radical (unpaired) electrons. The number of hydrogen-bond donors (Lipinski definition) is 2. The number of rotatable bonds is 1. The van der Waals surface area contributed by atoms with Crippen molar-refractivity contribution in [1.82, 2.24) is 9.80 Å². The van der Waals surface area contributed by atoms with E-state index in [0.29, 0.717) is 19.6 Å². The van der Waals surface area contributed by atoms with Gasteiger partial charge in [0.2, 0.25) is 0 Å². The van der Waals surface area contributed by atoms with Crippen LogP contribution in [0.5, 0.6) is 0 Å². The van der Waals surface area contributed by atoms with Crippen molar-refractivity contribution in [2.24, 2.45) is 5.73 Å². The van der Waals surface area contributed by atoms with Gasteiger partial charge in [-0.2, -0.15) is 0 Å². The maximum atomic E-state index is 12.7. The van der Waals surface area contributed by atoms with Crippen LogP contribution in [0.4, 0.5) is 4.79 Å². The van der Waals surface area contributed by atoms with Gasteiger partial charge in [0.1, 0.15) is 0 Å². The van der Waals surface area contributed by atoms with Gasteiger partial charge in [-0.05, 0) is 36.3 Å². The van der Waals surface area contributed by atoms with E-state index in [2.05, 4.69) is 0 Å². The summed E-state index contributed by atoms with van der Waals surface area (Å²) in [6, 6.07) is 0.743. The highest BCUT2D eigenvalue weighted by Gasteiger charge is 2.39. The summed E-state index contributed by atoms with van der Waals surface area (Å²) in [5.41, 5.74) is 6.68. The number of carbonyl (C=O) groups is 2. The Labute approximate surface area is 127 Å². The van der Waals surface area contributed by atoms with E-state index in [1.54, 1.807) is 16.2 Å². The van der Waals surface area contributed by atoms with Crippen molar-refractivity contribution in [3.05, 3.63) is 21.9 Å². The highest BCUT2D eigenvalue weighted by Crippen LogP contribution is 2.34. The van der Waals surface area contributed by atoms with Crippen LogP contribution in [0.1, 0.15) is 29.3 Å². The number of aliphatic carboxylic acids is 1. The molecule has 3 heterocycles. The minimum atomic E-state index is -0.969. The summed E-state index contributed by atoms with van der Waals surface area (Å²) in [5, 5.41) is 11.4. The Balaban J connectivity index is 1.84. The van der Waals surface area contributed by atoms with Gasteiger partial charge in [0, 0.05) is 30.6 Å². The monoisotopic (exact) mass is 309 g/mol. The molecule has 1 aromatic heterocycles. The maximum absolute atomic E-state index is 12.7. The van der Waals surface area contributed by atoms with Crippen LogP contribution in [-0.2, 0) is 11.2 Å². The Kier molecular flexibility index (Phi) is 3.86. The third-order valence-electron chi connectivity index (χ3n) is 4.17. The van der Waals surface area contributed by atoms with Gasteiger partial charge in [0.15, 0.2) is 6.04 Å². The number of fused-ring (bicyclic) bond motifs is 1. The van der Waals surface area contributed by atoms with Crippen LogP contribution in [0.3, 0.4) is 0 Å². The lowest BCUT2D eigenvalue weighted by Crippen LogP contribution is -2.54. The zero-order valence-electron chi connectivity index (χ0n) is 11.7. The standard InChI is InChI=1S/C14H19N3O3S/c15-9-2-1-5-16(8-9)14(20)17-6-3-11-10(4-7-21-11)12(17)13(18)19/h4,7,9,12H,1-3,5-6,8,15H2,(H,18,19). The van der Waals surface area contributed by atoms with E-state index in [1.165, 1.54) is 4.90 Å². The fourth-order valence-corrected chi connectivity index (χ4v) is 4.06. The van der Waals surface area contributed by atoms with Gasteiger partial charge >= 0.3 is 12.0 Å². The minimum absolute atomic E-state index is 0.00697. The number of carboxylic acid groups (broad SMARTS) is 1. The fourth-order valence-electron chi connectivity index (χ4n) is 3.15. The van der Waals surface area contributed by atoms with Crippen LogP contribution in [0.25, 0.3) is 0 Å². The molecule has 2 unspecified atom stereocenters. The van der Waals surface area contributed by atoms with E-state index >= 15 is 0 Å². The summed E-state index contributed by atoms with van der Waals surface area (Å²) in [4.78, 5) is 28.6. The summed E-state index contributed by atoms with van der Waals surface area (Å²) in [6.07, 6.45) is 2.52. The molecule has 7 heteroatoms. The SMILES string of the molecule is NC1CCCN(C(=O)N2CCc3sccc3C2C(=O)O)C1. The lowest BCUT2D eigenvalue weighted by Gasteiger charge is -2.39. The maximum Gasteiger partial charge on any atom is 0.331 e. The second-order valence-electron chi connectivity index (χ2n) is 5.61. The van der Waals surface area contributed by atoms with Crippen molar-refractivity contribution >= 4 is 23.3 Å². The van der Waals surface area contributed by atoms with Gasteiger partial charge in [0.25, 0.3) is 0 Å². The second-order valence-corrected chi connectivity index (χ2v) is 6.61. The summed E-state index contributed by atoms with van der Waals surface area (Å²) in [5.74, 6) is -0.969. The van der Waals surface area contributed by atoms with Crippen molar-refractivity contribution < 1.29 is 14.7 Å². The predicted molar refractivity (Wildman–Crippen MR) is 79.3 cm³/mol. The van der Waals surface area contributed by atoms with Crippen molar-refractivity contribution in [3.63, 3.8) is 0 Å². The van der Waals surface area contributed by atoms with E-state index in [4.69, 9.17) is 5.73 Å². The molecular weight excluding hydrogens is 290 g/mol. The van der Waals surface area contributed by atoms with Gasteiger partial charge in [-0.25, -0.2) is 9.59 Å². The quantitative estimate of drug-likeness (QED) is 0.818. The number of nitrogens with zero attached hydrogens (tertiary/aromatic N) is 2. The Morgan fingerprint density at radius 3 is 2.90 bits per heavy atom. The Bertz CT molecular complexity index is 559. The molecule has 0 spiro atoms. The molecule has 6 nitrogen and oxygen atoms in total. The lowest BCUT2D eigenvalue weighted by molar-refractivity contribution is -0.143. The fraction of sp³-hybridized carbons (Fsp3) is 0.571. The average molecular weight is 309 g/mol. The van der Waals surface area contributed by atoms with Crippen LogP contribution < -0.4 is 5.73 Å². The van der Waals surface area contributed by atoms with Crippen molar-refractivity contribution in [2.75, 3.05) is 19.6 Å². The van der Waals surface area contributed by atoms with Gasteiger partial charge in [-0.3, -0.25) is 0 Å². The highest BCUT2D eigenvalue weighted by molar-refractivity contribution is 7.10. The number of nitrogens with two attached hydrogens (primary N) is 1. The Morgan fingerprint density at radius 2 is 2.19 bits per heavy atom. The molecule has 3 rings (SSSR count). The summed E-state index contributed by atoms with van der Waals surface area (Å²) in [7, 11) is 0. The first kappa shape index (κ1) is 14.3. The first-order valence-electron chi connectivity index (χ1n) is 7.18. The van der Waals surface area contributed by atoms with Gasteiger partial charge in [-0.15, -0.1) is 11.3 Å². The van der Waals surface area contributed by atoms with E-state index in [-0.39, 0.29) is 12.1 Å². The molecular formula is C14H19N3O3S. The van der Waals surface area contributed by atoms with E-state index < -0.39 is 12.0 Å².